The maximum atomic E-state index is 5.91. The normalized spacial score (nSPS) is 18.0. The maximum absolute atomic E-state index is 5.91. The van der Waals surface area contributed by atoms with Crippen LogP contribution < -0.4 is 0 Å². The van der Waals surface area contributed by atoms with Crippen LogP contribution in [0.2, 0.25) is 0 Å². The van der Waals surface area contributed by atoms with Crippen molar-refractivity contribution in [2.75, 3.05) is 26.2 Å². The molecular weight excluding hydrogens is 326 g/mol. The summed E-state index contributed by atoms with van der Waals surface area (Å²) in [5.41, 5.74) is 2.91. The molecular formula is C20H33N5O. The summed E-state index contributed by atoms with van der Waals surface area (Å²) < 4.78 is 8.00. The number of aromatic nitrogens is 4. The third-order valence-corrected chi connectivity index (χ3v) is 5.22. The van der Waals surface area contributed by atoms with E-state index in [1.807, 2.05) is 6.33 Å². The Bertz CT molecular complexity index is 657. The molecule has 1 fully saturated rings. The number of fused-ring (bicyclic) bond motifs is 1. The van der Waals surface area contributed by atoms with Crippen molar-refractivity contribution in [2.45, 2.75) is 71.4 Å². The molecule has 0 bridgehead atoms. The van der Waals surface area contributed by atoms with Crippen LogP contribution in [0.3, 0.4) is 0 Å². The minimum absolute atomic E-state index is 0.0714. The average Bonchev–Trinajstić information content (AvgIpc) is 3.13. The summed E-state index contributed by atoms with van der Waals surface area (Å²) in [5.74, 6) is 0. The van der Waals surface area contributed by atoms with Gasteiger partial charge in [-0.15, -0.1) is 0 Å². The third kappa shape index (κ3) is 4.80. The highest BCUT2D eigenvalue weighted by Crippen LogP contribution is 2.26. The van der Waals surface area contributed by atoms with Crippen LogP contribution in [-0.4, -0.2) is 50.7 Å². The third-order valence-electron chi connectivity index (χ3n) is 5.22. The SMILES string of the molecule is CCCCN(CCCC)CCc1ncnc2c1ncn2C1CCCCO1. The predicted octanol–water partition coefficient (Wildman–Crippen LogP) is 3.97. The van der Waals surface area contributed by atoms with Gasteiger partial charge in [-0.1, -0.05) is 26.7 Å². The van der Waals surface area contributed by atoms with Gasteiger partial charge < -0.3 is 9.64 Å². The second-order valence-corrected chi connectivity index (χ2v) is 7.26. The van der Waals surface area contributed by atoms with Gasteiger partial charge in [-0.25, -0.2) is 15.0 Å². The number of rotatable bonds is 10. The molecule has 1 unspecified atom stereocenters. The van der Waals surface area contributed by atoms with Crippen LogP contribution >= 0.6 is 0 Å². The van der Waals surface area contributed by atoms with E-state index in [-0.39, 0.29) is 6.23 Å². The van der Waals surface area contributed by atoms with Crippen molar-refractivity contribution in [3.05, 3.63) is 18.3 Å². The van der Waals surface area contributed by atoms with Crippen molar-refractivity contribution < 1.29 is 4.74 Å². The molecule has 3 rings (SSSR count). The lowest BCUT2D eigenvalue weighted by Crippen LogP contribution is -2.28. The number of hydrogen-bond donors (Lipinski definition) is 0. The molecule has 0 aliphatic carbocycles. The molecule has 0 amide bonds. The molecule has 0 saturated carbocycles. The first kappa shape index (κ1) is 19.2. The molecule has 1 aliphatic rings. The van der Waals surface area contributed by atoms with Crippen LogP contribution in [0.15, 0.2) is 12.7 Å². The molecule has 26 heavy (non-hydrogen) atoms. The molecule has 144 valence electrons. The molecule has 0 radical (unpaired) electrons. The lowest BCUT2D eigenvalue weighted by atomic mass is 10.2. The Kier molecular flexibility index (Phi) is 7.38. The first-order valence-electron chi connectivity index (χ1n) is 10.3. The maximum Gasteiger partial charge on any atom is 0.165 e. The fourth-order valence-electron chi connectivity index (χ4n) is 3.60. The van der Waals surface area contributed by atoms with Gasteiger partial charge in [-0.05, 0) is 45.2 Å². The van der Waals surface area contributed by atoms with Crippen molar-refractivity contribution in [2.24, 2.45) is 0 Å². The molecule has 2 aromatic rings. The Morgan fingerprint density at radius 1 is 1.08 bits per heavy atom. The van der Waals surface area contributed by atoms with Crippen molar-refractivity contribution in [1.82, 2.24) is 24.4 Å². The molecule has 0 N–H and O–H groups in total. The van der Waals surface area contributed by atoms with Gasteiger partial charge in [-0.3, -0.25) is 4.57 Å². The van der Waals surface area contributed by atoms with Gasteiger partial charge in [0, 0.05) is 19.6 Å². The summed E-state index contributed by atoms with van der Waals surface area (Å²) in [4.78, 5) is 16.2. The van der Waals surface area contributed by atoms with E-state index in [1.54, 1.807) is 6.33 Å². The highest BCUT2D eigenvalue weighted by Gasteiger charge is 2.20. The second kappa shape index (κ2) is 9.97. The zero-order chi connectivity index (χ0) is 18.2. The summed E-state index contributed by atoms with van der Waals surface area (Å²) >= 11 is 0. The zero-order valence-corrected chi connectivity index (χ0v) is 16.4. The van der Waals surface area contributed by atoms with Crippen molar-refractivity contribution in [3.8, 4) is 0 Å². The van der Waals surface area contributed by atoms with Crippen LogP contribution in [0.1, 0.15) is 70.7 Å². The number of hydrogen-bond acceptors (Lipinski definition) is 5. The van der Waals surface area contributed by atoms with Gasteiger partial charge in [0.2, 0.25) is 0 Å². The fraction of sp³-hybridized carbons (Fsp3) is 0.750. The summed E-state index contributed by atoms with van der Waals surface area (Å²) in [6, 6.07) is 0. The minimum Gasteiger partial charge on any atom is -0.358 e. The number of imidazole rings is 1. The van der Waals surface area contributed by atoms with Crippen molar-refractivity contribution in [1.29, 1.82) is 0 Å². The van der Waals surface area contributed by atoms with Gasteiger partial charge in [-0.2, -0.15) is 0 Å². The van der Waals surface area contributed by atoms with E-state index in [4.69, 9.17) is 4.74 Å². The molecule has 6 heteroatoms. The molecule has 6 nitrogen and oxygen atoms in total. The monoisotopic (exact) mass is 359 g/mol. The quantitative estimate of drug-likeness (QED) is 0.642. The van der Waals surface area contributed by atoms with Gasteiger partial charge in [0.25, 0.3) is 0 Å². The van der Waals surface area contributed by atoms with Gasteiger partial charge in [0.05, 0.1) is 12.0 Å². The molecule has 3 heterocycles. The van der Waals surface area contributed by atoms with Crippen molar-refractivity contribution >= 4 is 11.2 Å². The largest absolute Gasteiger partial charge is 0.358 e. The van der Waals surface area contributed by atoms with E-state index < -0.39 is 0 Å². The summed E-state index contributed by atoms with van der Waals surface area (Å²) in [7, 11) is 0. The van der Waals surface area contributed by atoms with Gasteiger partial charge in [0.1, 0.15) is 18.1 Å². The standard InChI is InChI=1S/C20H33N5O/c1-3-5-11-24(12-6-4-2)13-10-17-19-20(22-15-21-17)25(16-23-19)18-9-7-8-14-26-18/h15-16,18H,3-14H2,1-2H3. The summed E-state index contributed by atoms with van der Waals surface area (Å²) in [6.07, 6.45) is 12.9. The first-order chi connectivity index (χ1) is 12.8. The van der Waals surface area contributed by atoms with E-state index in [9.17, 15) is 0 Å². The number of unbranched alkanes of at least 4 members (excludes halogenated alkanes) is 2. The lowest BCUT2D eigenvalue weighted by Gasteiger charge is -2.23. The predicted molar refractivity (Wildman–Crippen MR) is 104 cm³/mol. The highest BCUT2D eigenvalue weighted by molar-refractivity contribution is 5.73. The molecule has 0 aromatic carbocycles. The molecule has 2 aromatic heterocycles. The lowest BCUT2D eigenvalue weighted by molar-refractivity contribution is -0.0298. The van der Waals surface area contributed by atoms with Gasteiger partial charge in [0.15, 0.2) is 5.65 Å². The van der Waals surface area contributed by atoms with E-state index in [0.29, 0.717) is 0 Å². The summed E-state index contributed by atoms with van der Waals surface area (Å²) in [6.45, 7) is 8.73. The second-order valence-electron chi connectivity index (χ2n) is 7.26. The van der Waals surface area contributed by atoms with E-state index >= 15 is 0 Å². The average molecular weight is 360 g/mol. The molecule has 1 atom stereocenters. The van der Waals surface area contributed by atoms with Crippen LogP contribution in [0, 0.1) is 0 Å². The summed E-state index contributed by atoms with van der Waals surface area (Å²) in [5, 5.41) is 0. The Labute approximate surface area is 157 Å². The fourth-order valence-corrected chi connectivity index (χ4v) is 3.60. The zero-order valence-electron chi connectivity index (χ0n) is 16.4. The smallest absolute Gasteiger partial charge is 0.165 e. The molecule has 1 aliphatic heterocycles. The van der Waals surface area contributed by atoms with E-state index in [2.05, 4.69) is 38.3 Å². The molecule has 0 spiro atoms. The topological polar surface area (TPSA) is 56.1 Å². The van der Waals surface area contributed by atoms with E-state index in [0.717, 1.165) is 49.3 Å². The first-order valence-corrected chi connectivity index (χ1v) is 10.3. The Balaban J connectivity index is 1.70. The Morgan fingerprint density at radius 3 is 2.58 bits per heavy atom. The van der Waals surface area contributed by atoms with Crippen molar-refractivity contribution in [3.63, 3.8) is 0 Å². The Hall–Kier alpha value is -1.53. The van der Waals surface area contributed by atoms with Crippen LogP contribution in [0.4, 0.5) is 0 Å². The number of nitrogens with zero attached hydrogens (tertiary/aromatic N) is 5. The minimum atomic E-state index is 0.0714. The Morgan fingerprint density at radius 2 is 1.88 bits per heavy atom. The van der Waals surface area contributed by atoms with E-state index in [1.165, 1.54) is 45.2 Å². The highest BCUT2D eigenvalue weighted by atomic mass is 16.5. The van der Waals surface area contributed by atoms with Gasteiger partial charge >= 0.3 is 0 Å². The number of ether oxygens (including phenoxy) is 1. The van der Waals surface area contributed by atoms with Crippen LogP contribution in [-0.2, 0) is 11.2 Å². The molecule has 1 saturated heterocycles. The van der Waals surface area contributed by atoms with Crippen LogP contribution in [0.25, 0.3) is 11.2 Å². The van der Waals surface area contributed by atoms with Crippen LogP contribution in [0.5, 0.6) is 0 Å².